The van der Waals surface area contributed by atoms with Gasteiger partial charge in [0.25, 0.3) is 5.91 Å². The molecule has 0 spiro atoms. The Hall–Kier alpha value is -2.40. The Morgan fingerprint density at radius 1 is 1.29 bits per heavy atom. The zero-order valence-electron chi connectivity index (χ0n) is 14.7. The van der Waals surface area contributed by atoms with Crippen LogP contribution in [0.15, 0.2) is 36.5 Å². The molecule has 2 rings (SSSR count). The second kappa shape index (κ2) is 8.45. The molecule has 0 saturated heterocycles. The summed E-state index contributed by atoms with van der Waals surface area (Å²) in [5.74, 6) is 0.122. The SMILES string of the molecule is COCCNc1ccnc(C(=O)Nc2c(C)cccc2C(C)C)c1. The summed E-state index contributed by atoms with van der Waals surface area (Å²) in [6.45, 7) is 7.51. The summed E-state index contributed by atoms with van der Waals surface area (Å²) in [5, 5.41) is 6.22. The van der Waals surface area contributed by atoms with E-state index in [0.717, 1.165) is 22.5 Å². The molecule has 0 bridgehead atoms. The van der Waals surface area contributed by atoms with Crippen LogP contribution in [-0.2, 0) is 4.74 Å². The number of aryl methyl sites for hydroxylation is 1. The largest absolute Gasteiger partial charge is 0.383 e. The van der Waals surface area contributed by atoms with Gasteiger partial charge in [-0.05, 0) is 36.1 Å². The number of rotatable bonds is 7. The highest BCUT2D eigenvalue weighted by molar-refractivity contribution is 6.04. The lowest BCUT2D eigenvalue weighted by atomic mass is 9.98. The number of carbonyl (C=O) groups excluding carboxylic acids is 1. The third-order valence-corrected chi connectivity index (χ3v) is 3.79. The molecule has 1 heterocycles. The number of carbonyl (C=O) groups is 1. The first-order chi connectivity index (χ1) is 11.5. The lowest BCUT2D eigenvalue weighted by Gasteiger charge is -2.16. The fourth-order valence-electron chi connectivity index (χ4n) is 2.48. The van der Waals surface area contributed by atoms with Crippen LogP contribution >= 0.6 is 0 Å². The molecule has 128 valence electrons. The lowest BCUT2D eigenvalue weighted by Crippen LogP contribution is -2.17. The van der Waals surface area contributed by atoms with Gasteiger partial charge in [-0.3, -0.25) is 9.78 Å². The van der Waals surface area contributed by atoms with E-state index in [2.05, 4.69) is 29.5 Å². The van der Waals surface area contributed by atoms with Gasteiger partial charge in [0.05, 0.1) is 6.61 Å². The van der Waals surface area contributed by atoms with E-state index in [0.29, 0.717) is 24.8 Å². The number of nitrogens with one attached hydrogen (secondary N) is 2. The highest BCUT2D eigenvalue weighted by atomic mass is 16.5. The van der Waals surface area contributed by atoms with Crippen LogP contribution in [0.25, 0.3) is 0 Å². The van der Waals surface area contributed by atoms with Crippen molar-refractivity contribution in [3.05, 3.63) is 53.3 Å². The summed E-state index contributed by atoms with van der Waals surface area (Å²) < 4.78 is 5.01. The van der Waals surface area contributed by atoms with Crippen molar-refractivity contribution in [1.29, 1.82) is 0 Å². The molecule has 0 saturated carbocycles. The number of anilines is 2. The van der Waals surface area contributed by atoms with Gasteiger partial charge in [-0.1, -0.05) is 32.0 Å². The molecule has 1 aromatic heterocycles. The van der Waals surface area contributed by atoms with Crippen LogP contribution < -0.4 is 10.6 Å². The van der Waals surface area contributed by atoms with Gasteiger partial charge in [-0.25, -0.2) is 0 Å². The lowest BCUT2D eigenvalue weighted by molar-refractivity contribution is 0.102. The van der Waals surface area contributed by atoms with Crippen LogP contribution in [0.3, 0.4) is 0 Å². The molecule has 0 aliphatic carbocycles. The van der Waals surface area contributed by atoms with E-state index in [4.69, 9.17) is 4.74 Å². The number of pyridine rings is 1. The van der Waals surface area contributed by atoms with Crippen LogP contribution in [0.2, 0.25) is 0 Å². The average Bonchev–Trinajstić information content (AvgIpc) is 2.57. The minimum atomic E-state index is -0.207. The van der Waals surface area contributed by atoms with Crippen molar-refractivity contribution in [3.8, 4) is 0 Å². The molecule has 0 atom stereocenters. The quantitative estimate of drug-likeness (QED) is 0.759. The predicted octanol–water partition coefficient (Wildman–Crippen LogP) is 3.82. The van der Waals surface area contributed by atoms with Crippen molar-refractivity contribution in [2.24, 2.45) is 0 Å². The number of methoxy groups -OCH3 is 1. The molecular formula is C19H25N3O2. The summed E-state index contributed by atoms with van der Waals surface area (Å²) in [6, 6.07) is 9.64. The topological polar surface area (TPSA) is 63.2 Å². The average molecular weight is 327 g/mol. The van der Waals surface area contributed by atoms with Crippen molar-refractivity contribution < 1.29 is 9.53 Å². The molecule has 24 heavy (non-hydrogen) atoms. The van der Waals surface area contributed by atoms with Gasteiger partial charge in [-0.2, -0.15) is 0 Å². The van der Waals surface area contributed by atoms with Crippen molar-refractivity contribution in [1.82, 2.24) is 4.98 Å². The number of benzene rings is 1. The fourth-order valence-corrected chi connectivity index (χ4v) is 2.48. The maximum atomic E-state index is 12.6. The molecule has 5 heteroatoms. The molecule has 0 radical (unpaired) electrons. The molecule has 0 aliphatic heterocycles. The molecule has 0 unspecified atom stereocenters. The fraction of sp³-hybridized carbons (Fsp3) is 0.368. The minimum Gasteiger partial charge on any atom is -0.383 e. The summed E-state index contributed by atoms with van der Waals surface area (Å²) in [5.41, 5.74) is 4.27. The van der Waals surface area contributed by atoms with Gasteiger partial charge in [0.15, 0.2) is 0 Å². The number of amides is 1. The number of hydrogen-bond donors (Lipinski definition) is 2. The zero-order valence-corrected chi connectivity index (χ0v) is 14.7. The van der Waals surface area contributed by atoms with Crippen molar-refractivity contribution >= 4 is 17.3 Å². The summed E-state index contributed by atoms with van der Waals surface area (Å²) in [4.78, 5) is 16.8. The third kappa shape index (κ3) is 4.55. The first-order valence-electron chi connectivity index (χ1n) is 8.12. The first-order valence-corrected chi connectivity index (χ1v) is 8.12. The summed E-state index contributed by atoms with van der Waals surface area (Å²) >= 11 is 0. The molecule has 2 N–H and O–H groups in total. The highest BCUT2D eigenvalue weighted by Gasteiger charge is 2.14. The molecule has 0 fully saturated rings. The van der Waals surface area contributed by atoms with Gasteiger partial charge in [0.1, 0.15) is 5.69 Å². The second-order valence-electron chi connectivity index (χ2n) is 6.00. The van der Waals surface area contributed by atoms with Crippen LogP contribution in [0.4, 0.5) is 11.4 Å². The minimum absolute atomic E-state index is 0.207. The summed E-state index contributed by atoms with van der Waals surface area (Å²) in [7, 11) is 1.65. The van der Waals surface area contributed by atoms with Gasteiger partial charge in [-0.15, -0.1) is 0 Å². The van der Waals surface area contributed by atoms with Crippen molar-refractivity contribution in [2.45, 2.75) is 26.7 Å². The normalized spacial score (nSPS) is 10.7. The predicted molar refractivity (Wildman–Crippen MR) is 97.8 cm³/mol. The van der Waals surface area contributed by atoms with E-state index in [1.165, 1.54) is 0 Å². The van der Waals surface area contributed by atoms with Crippen LogP contribution in [0.1, 0.15) is 41.4 Å². The van der Waals surface area contributed by atoms with Gasteiger partial charge in [0, 0.05) is 31.2 Å². The maximum absolute atomic E-state index is 12.6. The molecular weight excluding hydrogens is 302 g/mol. The Labute approximate surface area is 143 Å². The van der Waals surface area contributed by atoms with Crippen LogP contribution in [0, 0.1) is 6.92 Å². The molecule has 2 aromatic rings. The standard InChI is InChI=1S/C19H25N3O2/c1-13(2)16-7-5-6-14(3)18(16)22-19(23)17-12-15(8-9-21-17)20-10-11-24-4/h5-9,12-13H,10-11H2,1-4H3,(H,20,21)(H,22,23). The number of ether oxygens (including phenoxy) is 1. The number of para-hydroxylation sites is 1. The van der Waals surface area contributed by atoms with E-state index >= 15 is 0 Å². The Kier molecular flexibility index (Phi) is 6.32. The van der Waals surface area contributed by atoms with Gasteiger partial charge < -0.3 is 15.4 Å². The summed E-state index contributed by atoms with van der Waals surface area (Å²) in [6.07, 6.45) is 1.63. The third-order valence-electron chi connectivity index (χ3n) is 3.79. The Balaban J connectivity index is 2.17. The maximum Gasteiger partial charge on any atom is 0.274 e. The smallest absolute Gasteiger partial charge is 0.274 e. The van der Waals surface area contributed by atoms with Crippen LogP contribution in [-0.4, -0.2) is 31.2 Å². The number of nitrogens with zero attached hydrogens (tertiary/aromatic N) is 1. The number of aromatic nitrogens is 1. The highest BCUT2D eigenvalue weighted by Crippen LogP contribution is 2.27. The second-order valence-corrected chi connectivity index (χ2v) is 6.00. The van der Waals surface area contributed by atoms with Crippen LogP contribution in [0.5, 0.6) is 0 Å². The number of hydrogen-bond acceptors (Lipinski definition) is 4. The van der Waals surface area contributed by atoms with E-state index < -0.39 is 0 Å². The Bertz CT molecular complexity index is 699. The van der Waals surface area contributed by atoms with Crippen molar-refractivity contribution in [3.63, 3.8) is 0 Å². The molecule has 0 aliphatic rings. The molecule has 1 aromatic carbocycles. The van der Waals surface area contributed by atoms with E-state index in [1.807, 2.05) is 31.2 Å². The molecule has 1 amide bonds. The Morgan fingerprint density at radius 2 is 2.08 bits per heavy atom. The zero-order chi connectivity index (χ0) is 17.5. The van der Waals surface area contributed by atoms with E-state index in [1.54, 1.807) is 19.4 Å². The van der Waals surface area contributed by atoms with E-state index in [9.17, 15) is 4.79 Å². The van der Waals surface area contributed by atoms with Gasteiger partial charge >= 0.3 is 0 Å². The Morgan fingerprint density at radius 3 is 2.79 bits per heavy atom. The monoisotopic (exact) mass is 327 g/mol. The van der Waals surface area contributed by atoms with Gasteiger partial charge in [0.2, 0.25) is 0 Å². The van der Waals surface area contributed by atoms with E-state index in [-0.39, 0.29) is 5.91 Å². The van der Waals surface area contributed by atoms with Crippen molar-refractivity contribution in [2.75, 3.05) is 30.9 Å². The first kappa shape index (κ1) is 17.9. The molecule has 5 nitrogen and oxygen atoms in total.